The minimum absolute atomic E-state index is 0.0505. The van der Waals surface area contributed by atoms with Crippen molar-refractivity contribution in [3.05, 3.63) is 0 Å². The number of unbranched alkanes of at least 4 members (excludes halogenated alkanes) is 13. The molecule has 0 saturated carbocycles. The van der Waals surface area contributed by atoms with Crippen molar-refractivity contribution in [3.8, 4) is 0 Å². The van der Waals surface area contributed by atoms with Crippen LogP contribution in [0.25, 0.3) is 0 Å². The highest BCUT2D eigenvalue weighted by Gasteiger charge is 2.21. The van der Waals surface area contributed by atoms with Crippen molar-refractivity contribution in [2.75, 3.05) is 270 Å². The van der Waals surface area contributed by atoms with Crippen molar-refractivity contribution in [1.29, 1.82) is 0 Å². The Kier molecular flexibility index (Phi) is 79.1. The second-order valence-corrected chi connectivity index (χ2v) is 26.3. The van der Waals surface area contributed by atoms with Gasteiger partial charge in [-0.15, -0.1) is 0 Å². The van der Waals surface area contributed by atoms with Crippen LogP contribution in [-0.2, 0) is 138 Å². The summed E-state index contributed by atoms with van der Waals surface area (Å²) in [5.74, 6) is -5.46. The lowest BCUT2D eigenvalue weighted by molar-refractivity contribution is -0.142. The molecule has 0 heterocycles. The van der Waals surface area contributed by atoms with Crippen molar-refractivity contribution < 1.29 is 148 Å². The normalized spacial score (nSPS) is 11.3. The summed E-state index contributed by atoms with van der Waals surface area (Å²) >= 11 is 1.58. The maximum atomic E-state index is 12.4. The van der Waals surface area contributed by atoms with Gasteiger partial charge in [-0.25, -0.2) is 4.79 Å². The number of carbonyl (C=O) groups excluding carboxylic acids is 11. The number of carbonyl (C=O) groups is 13. The van der Waals surface area contributed by atoms with Gasteiger partial charge in [-0.05, 0) is 19.3 Å². The van der Waals surface area contributed by atoms with E-state index in [1.807, 2.05) is 0 Å². The molecule has 0 aliphatic carbocycles. The van der Waals surface area contributed by atoms with E-state index in [-0.39, 0.29) is 353 Å². The minimum atomic E-state index is -1.20. The first kappa shape index (κ1) is 108. The third-order valence-electron chi connectivity index (χ3n) is 15.2. The van der Waals surface area contributed by atoms with Crippen LogP contribution in [0, 0.1) is 0 Å². The molecule has 0 bridgehead atoms. The Labute approximate surface area is 687 Å². The first-order valence-corrected chi connectivity index (χ1v) is 40.5. The standard InChI is InChI=1S/C73H131IN10O31/c74-61(85)51-83-71(95)59-115-50-42-107-34-26-82-70(94)58-114-49-41-106-33-25-81-69(93)57-113-48-40-105-32-24-80-68(92)56-112-47-39-104-31-23-79-67(91)55-111-46-38-103-30-22-78-66(90)54-110-45-37-102-29-21-77-65(89)53-109-44-36-101-28-20-76-64(88)52-108-43-35-100-27-19-75-62(86)18-17-60(73(98)99)84-63(87)15-13-11-9-7-5-3-1-2-4-6-8-10-12-14-16-72(96)97/h60H,1-59H2,(H,75,86)(H,76,88)(H,77,89)(H,78,90)(H,79,91)(H,80,92)(H,81,93)(H,82,94)(H,83,95)(H,84,87)(H,96,97)(H,98,99)/t60-/m0/s1. The van der Waals surface area contributed by atoms with Gasteiger partial charge in [0.15, 0.2) is 0 Å². The van der Waals surface area contributed by atoms with Crippen molar-refractivity contribution in [3.63, 3.8) is 0 Å². The molecule has 0 radical (unpaired) electrons. The van der Waals surface area contributed by atoms with Crippen molar-refractivity contribution >= 4 is 97.4 Å². The summed E-state index contributed by atoms with van der Waals surface area (Å²) in [6.45, 7) is 4.92. The van der Waals surface area contributed by atoms with E-state index in [0.29, 0.717) is 6.42 Å². The van der Waals surface area contributed by atoms with E-state index in [1.165, 1.54) is 32.1 Å². The number of halogens is 1. The second kappa shape index (κ2) is 83.9. The predicted molar refractivity (Wildman–Crippen MR) is 420 cm³/mol. The van der Waals surface area contributed by atoms with Crippen molar-refractivity contribution in [2.24, 2.45) is 0 Å². The van der Waals surface area contributed by atoms with Crippen LogP contribution in [0.2, 0.25) is 0 Å². The van der Waals surface area contributed by atoms with Gasteiger partial charge in [-0.3, -0.25) is 57.5 Å². The summed E-state index contributed by atoms with van der Waals surface area (Å²) in [6, 6.07) is -1.17. The van der Waals surface area contributed by atoms with E-state index in [4.69, 9.17) is 80.9 Å². The number of carboxylic acids is 2. The van der Waals surface area contributed by atoms with E-state index in [2.05, 4.69) is 53.2 Å². The second-order valence-electron chi connectivity index (χ2n) is 25.1. The summed E-state index contributed by atoms with van der Waals surface area (Å²) in [4.78, 5) is 153. The lowest BCUT2D eigenvalue weighted by atomic mass is 10.0. The molecule has 0 rings (SSSR count). The Hall–Kier alpha value is -6.60. The molecule has 12 N–H and O–H groups in total. The molecular formula is C73H131IN10O31. The summed E-state index contributed by atoms with van der Waals surface area (Å²) in [6.07, 6.45) is 15.2. The molecule has 0 fully saturated rings. The van der Waals surface area contributed by atoms with Gasteiger partial charge in [0.2, 0.25) is 62.9 Å². The number of amides is 10. The van der Waals surface area contributed by atoms with Gasteiger partial charge in [0.25, 0.3) is 0 Å². The van der Waals surface area contributed by atoms with E-state index < -0.39 is 23.9 Å². The smallest absolute Gasteiger partial charge is 0.326 e. The zero-order valence-corrected chi connectivity index (χ0v) is 69.1. The Morgan fingerprint density at radius 1 is 0.226 bits per heavy atom. The van der Waals surface area contributed by atoms with Crippen LogP contribution in [-0.4, -0.2) is 361 Å². The molecular weight excluding hydrogens is 1640 g/mol. The number of carboxylic acid groups (broad SMARTS) is 2. The third kappa shape index (κ3) is 85.1. The molecule has 0 saturated heterocycles. The predicted octanol–water partition coefficient (Wildman–Crippen LogP) is -2.06. The number of aliphatic carboxylic acids is 2. The van der Waals surface area contributed by atoms with Crippen LogP contribution < -0.4 is 53.2 Å². The van der Waals surface area contributed by atoms with Gasteiger partial charge < -0.3 is 139 Å². The summed E-state index contributed by atoms with van der Waals surface area (Å²) < 4.78 is 85.1. The molecule has 1 atom stereocenters. The molecule has 0 aromatic rings. The van der Waals surface area contributed by atoms with E-state index >= 15 is 0 Å². The SMILES string of the molecule is O=C(O)CCCCCCCCCCCCCCCCC(=O)N[C@@H](CCC(=O)NCCOCCOCC(=O)NCCOCCOCC(=O)NCCOCCOCC(=O)NCCOCCOCC(=O)NCCOCCOCC(=O)NCCOCCOCC(=O)NCCOCCOCC(=O)NCCOCCOCC(=O)NCC(=O)I)C(=O)O. The molecule has 666 valence electrons. The molecule has 0 aromatic carbocycles. The molecule has 0 aliphatic heterocycles. The van der Waals surface area contributed by atoms with Gasteiger partial charge in [-0.2, -0.15) is 0 Å². The molecule has 10 amide bonds. The van der Waals surface area contributed by atoms with Gasteiger partial charge >= 0.3 is 11.9 Å². The van der Waals surface area contributed by atoms with Crippen LogP contribution in [0.1, 0.15) is 116 Å². The van der Waals surface area contributed by atoms with Crippen LogP contribution in [0.15, 0.2) is 0 Å². The zero-order chi connectivity index (χ0) is 84.2. The Morgan fingerprint density at radius 3 is 0.643 bits per heavy atom. The van der Waals surface area contributed by atoms with E-state index in [9.17, 15) is 67.4 Å². The van der Waals surface area contributed by atoms with Crippen LogP contribution >= 0.6 is 22.6 Å². The van der Waals surface area contributed by atoms with Gasteiger partial charge in [0.1, 0.15) is 58.9 Å². The average molecular weight is 1770 g/mol. The molecule has 42 heteroatoms. The summed E-state index contributed by atoms with van der Waals surface area (Å²) in [5, 5.41) is 44.4. The fourth-order valence-electron chi connectivity index (χ4n) is 9.33. The highest BCUT2D eigenvalue weighted by atomic mass is 127. The van der Waals surface area contributed by atoms with Crippen LogP contribution in [0.3, 0.4) is 0 Å². The third-order valence-corrected chi connectivity index (χ3v) is 15.5. The molecule has 115 heavy (non-hydrogen) atoms. The Bertz CT molecular complexity index is 2550. The van der Waals surface area contributed by atoms with Crippen molar-refractivity contribution in [1.82, 2.24) is 53.2 Å². The number of ether oxygens (including phenoxy) is 16. The van der Waals surface area contributed by atoms with Crippen LogP contribution in [0.4, 0.5) is 0 Å². The van der Waals surface area contributed by atoms with Gasteiger partial charge in [0.05, 0.1) is 165 Å². The van der Waals surface area contributed by atoms with E-state index in [0.717, 1.165) is 51.4 Å². The fourth-order valence-corrected chi connectivity index (χ4v) is 9.52. The highest BCUT2D eigenvalue weighted by molar-refractivity contribution is 14.1. The monoisotopic (exact) mass is 1770 g/mol. The maximum absolute atomic E-state index is 12.4. The topological polar surface area (TPSA) is 530 Å². The van der Waals surface area contributed by atoms with Crippen molar-refractivity contribution in [2.45, 2.75) is 122 Å². The molecule has 0 unspecified atom stereocenters. The van der Waals surface area contributed by atoms with Crippen LogP contribution in [0.5, 0.6) is 0 Å². The maximum Gasteiger partial charge on any atom is 0.326 e. The number of hydrogen-bond acceptors (Lipinski definition) is 29. The Morgan fingerprint density at radius 2 is 0.426 bits per heavy atom. The highest BCUT2D eigenvalue weighted by Crippen LogP contribution is 2.14. The first-order chi connectivity index (χ1) is 55.9. The lowest BCUT2D eigenvalue weighted by Gasteiger charge is -2.14. The molecule has 41 nitrogen and oxygen atoms in total. The number of hydrogen-bond donors (Lipinski definition) is 12. The average Bonchev–Trinajstić information content (AvgIpc) is 0.929. The fraction of sp³-hybridized carbons (Fsp3) is 0.822. The van der Waals surface area contributed by atoms with Gasteiger partial charge in [0, 0.05) is 94.2 Å². The molecule has 0 aliphatic rings. The molecule has 0 aromatic heterocycles. The largest absolute Gasteiger partial charge is 0.481 e. The summed E-state index contributed by atoms with van der Waals surface area (Å²) in [5.41, 5.74) is 0. The van der Waals surface area contributed by atoms with Gasteiger partial charge in [-0.1, -0.05) is 77.0 Å². The molecule has 0 spiro atoms. The Balaban J connectivity index is 3.51. The van der Waals surface area contributed by atoms with E-state index in [1.54, 1.807) is 22.6 Å². The minimum Gasteiger partial charge on any atom is -0.481 e. The number of rotatable bonds is 88. The first-order valence-electron chi connectivity index (χ1n) is 39.4. The lowest BCUT2D eigenvalue weighted by Crippen LogP contribution is -2.41. The zero-order valence-electron chi connectivity index (χ0n) is 66.9. The summed E-state index contributed by atoms with van der Waals surface area (Å²) in [7, 11) is 0. The quantitative estimate of drug-likeness (QED) is 0.0177. The number of nitrogens with one attached hydrogen (secondary N) is 10.